The van der Waals surface area contributed by atoms with Crippen molar-refractivity contribution in [3.05, 3.63) is 34.6 Å². The highest BCUT2D eigenvalue weighted by atomic mass is 16.6. The maximum atomic E-state index is 10.8. The van der Waals surface area contributed by atoms with E-state index < -0.39 is 0 Å². The lowest BCUT2D eigenvalue weighted by molar-refractivity contribution is -0.384. The van der Waals surface area contributed by atoms with Gasteiger partial charge in [0.1, 0.15) is 0 Å². The highest BCUT2D eigenvalue weighted by Crippen LogP contribution is 2.32. The van der Waals surface area contributed by atoms with Gasteiger partial charge in [-0.3, -0.25) is 10.1 Å². The summed E-state index contributed by atoms with van der Waals surface area (Å²) < 4.78 is 2.09. The van der Waals surface area contributed by atoms with E-state index >= 15 is 0 Å². The summed E-state index contributed by atoms with van der Waals surface area (Å²) in [6, 6.07) is 5.32. The summed E-state index contributed by atoms with van der Waals surface area (Å²) in [7, 11) is 0. The zero-order valence-electron chi connectivity index (χ0n) is 9.37. The largest absolute Gasteiger partial charge is 0.327 e. The van der Waals surface area contributed by atoms with Crippen molar-refractivity contribution in [1.29, 1.82) is 0 Å². The number of rotatable bonds is 2. The molecule has 1 aromatic carbocycles. The van der Waals surface area contributed by atoms with Crippen molar-refractivity contribution in [2.45, 2.75) is 31.7 Å². The molecule has 1 aromatic heterocycles. The van der Waals surface area contributed by atoms with E-state index in [0.29, 0.717) is 6.04 Å². The van der Waals surface area contributed by atoms with Gasteiger partial charge < -0.3 is 4.57 Å². The normalized spacial score (nSPS) is 16.7. The highest BCUT2D eigenvalue weighted by molar-refractivity contribution is 5.78. The minimum atomic E-state index is -0.356. The molecule has 2 aromatic rings. The third-order valence-corrected chi connectivity index (χ3v) is 3.49. The number of benzene rings is 1. The van der Waals surface area contributed by atoms with Crippen LogP contribution >= 0.6 is 0 Å². The van der Waals surface area contributed by atoms with Gasteiger partial charge in [0.15, 0.2) is 0 Å². The topological polar surface area (TPSA) is 61.0 Å². The molecular formula is C12H13N3O2. The maximum absolute atomic E-state index is 10.8. The molecule has 3 rings (SSSR count). The van der Waals surface area contributed by atoms with E-state index in [1.807, 2.05) is 6.33 Å². The molecule has 1 heterocycles. The standard InChI is InChI=1S/C12H13N3O2/c16-15(17)10-5-6-11-12(7-10)14(8-13-11)9-3-1-2-4-9/h5-9H,1-4H2. The average Bonchev–Trinajstić information content (AvgIpc) is 2.96. The van der Waals surface area contributed by atoms with E-state index in [4.69, 9.17) is 0 Å². The number of hydrogen-bond acceptors (Lipinski definition) is 3. The van der Waals surface area contributed by atoms with Crippen molar-refractivity contribution < 1.29 is 4.92 Å². The Balaban J connectivity index is 2.11. The van der Waals surface area contributed by atoms with Crippen LogP contribution in [0.4, 0.5) is 5.69 Å². The summed E-state index contributed by atoms with van der Waals surface area (Å²) in [5.74, 6) is 0. The molecule has 88 valence electrons. The molecule has 0 bridgehead atoms. The number of aromatic nitrogens is 2. The summed E-state index contributed by atoms with van der Waals surface area (Å²) >= 11 is 0. The van der Waals surface area contributed by atoms with Crippen LogP contribution < -0.4 is 0 Å². The van der Waals surface area contributed by atoms with Crippen molar-refractivity contribution in [3.63, 3.8) is 0 Å². The number of nitro benzene ring substituents is 1. The molecule has 0 aliphatic heterocycles. The van der Waals surface area contributed by atoms with Crippen LogP contribution in [0.5, 0.6) is 0 Å². The zero-order chi connectivity index (χ0) is 11.8. The highest BCUT2D eigenvalue weighted by Gasteiger charge is 2.19. The van der Waals surface area contributed by atoms with Gasteiger partial charge in [-0.2, -0.15) is 0 Å². The van der Waals surface area contributed by atoms with Crippen LogP contribution in [0.25, 0.3) is 11.0 Å². The van der Waals surface area contributed by atoms with Crippen molar-refractivity contribution >= 4 is 16.7 Å². The second kappa shape index (κ2) is 3.84. The van der Waals surface area contributed by atoms with Crippen LogP contribution in [0.1, 0.15) is 31.7 Å². The molecule has 0 saturated heterocycles. The van der Waals surface area contributed by atoms with Gasteiger partial charge >= 0.3 is 0 Å². The van der Waals surface area contributed by atoms with Crippen LogP contribution in [-0.2, 0) is 0 Å². The SMILES string of the molecule is O=[N+]([O-])c1ccc2ncn(C3CCCC3)c2c1. The third kappa shape index (κ3) is 1.67. The van der Waals surface area contributed by atoms with Crippen LogP contribution in [-0.4, -0.2) is 14.5 Å². The molecule has 1 aliphatic carbocycles. The number of fused-ring (bicyclic) bond motifs is 1. The lowest BCUT2D eigenvalue weighted by Crippen LogP contribution is -2.02. The third-order valence-electron chi connectivity index (χ3n) is 3.49. The maximum Gasteiger partial charge on any atom is 0.271 e. The van der Waals surface area contributed by atoms with Crippen molar-refractivity contribution in [3.8, 4) is 0 Å². The summed E-state index contributed by atoms with van der Waals surface area (Å²) in [6.45, 7) is 0. The van der Waals surface area contributed by atoms with E-state index in [-0.39, 0.29) is 10.6 Å². The molecule has 5 heteroatoms. The summed E-state index contributed by atoms with van der Waals surface area (Å²) in [4.78, 5) is 14.7. The van der Waals surface area contributed by atoms with Gasteiger partial charge in [0.2, 0.25) is 0 Å². The van der Waals surface area contributed by atoms with Crippen LogP contribution in [0.15, 0.2) is 24.5 Å². The second-order valence-corrected chi connectivity index (χ2v) is 4.52. The first-order valence-electron chi connectivity index (χ1n) is 5.87. The first-order valence-corrected chi connectivity index (χ1v) is 5.87. The fraction of sp³-hybridized carbons (Fsp3) is 0.417. The van der Waals surface area contributed by atoms with E-state index in [1.54, 1.807) is 12.1 Å². The van der Waals surface area contributed by atoms with E-state index in [2.05, 4.69) is 9.55 Å². The van der Waals surface area contributed by atoms with Crippen molar-refractivity contribution in [1.82, 2.24) is 9.55 Å². The molecular weight excluding hydrogens is 218 g/mol. The Kier molecular flexibility index (Phi) is 2.31. The lowest BCUT2D eigenvalue weighted by Gasteiger charge is -2.11. The Morgan fingerprint density at radius 3 is 2.82 bits per heavy atom. The molecule has 17 heavy (non-hydrogen) atoms. The van der Waals surface area contributed by atoms with Crippen molar-refractivity contribution in [2.24, 2.45) is 0 Å². The number of non-ortho nitro benzene ring substituents is 1. The predicted molar refractivity (Wildman–Crippen MR) is 63.9 cm³/mol. The molecule has 0 N–H and O–H groups in total. The molecule has 0 radical (unpaired) electrons. The van der Waals surface area contributed by atoms with E-state index in [1.165, 1.54) is 18.9 Å². The first kappa shape index (κ1) is 10.3. The summed E-state index contributed by atoms with van der Waals surface area (Å²) in [5.41, 5.74) is 1.85. The molecule has 1 fully saturated rings. The Hall–Kier alpha value is -1.91. The first-order chi connectivity index (χ1) is 8.25. The van der Waals surface area contributed by atoms with Gasteiger partial charge in [-0.15, -0.1) is 0 Å². The van der Waals surface area contributed by atoms with Gasteiger partial charge in [0.05, 0.1) is 22.3 Å². The van der Waals surface area contributed by atoms with Gasteiger partial charge in [0, 0.05) is 18.2 Å². The molecule has 1 saturated carbocycles. The zero-order valence-corrected chi connectivity index (χ0v) is 9.37. The molecule has 1 aliphatic rings. The monoisotopic (exact) mass is 231 g/mol. The summed E-state index contributed by atoms with van der Waals surface area (Å²) in [6.07, 6.45) is 6.57. The quantitative estimate of drug-likeness (QED) is 0.589. The van der Waals surface area contributed by atoms with Gasteiger partial charge in [-0.05, 0) is 18.9 Å². The minimum absolute atomic E-state index is 0.136. The van der Waals surface area contributed by atoms with Gasteiger partial charge in [0.25, 0.3) is 5.69 Å². The fourth-order valence-electron chi connectivity index (χ4n) is 2.60. The Morgan fingerprint density at radius 1 is 1.35 bits per heavy atom. The smallest absolute Gasteiger partial charge is 0.271 e. The van der Waals surface area contributed by atoms with Gasteiger partial charge in [-0.25, -0.2) is 4.98 Å². The minimum Gasteiger partial charge on any atom is -0.327 e. The number of nitro groups is 1. The summed E-state index contributed by atoms with van der Waals surface area (Å²) in [5, 5.41) is 10.8. The Labute approximate surface area is 98.2 Å². The Morgan fingerprint density at radius 2 is 2.12 bits per heavy atom. The molecule has 0 spiro atoms. The Bertz CT molecular complexity index is 570. The average molecular weight is 231 g/mol. The fourth-order valence-corrected chi connectivity index (χ4v) is 2.60. The molecule has 0 atom stereocenters. The number of imidazole rings is 1. The second-order valence-electron chi connectivity index (χ2n) is 4.52. The van der Waals surface area contributed by atoms with E-state index in [0.717, 1.165) is 23.9 Å². The molecule has 0 amide bonds. The lowest BCUT2D eigenvalue weighted by atomic mass is 10.2. The van der Waals surface area contributed by atoms with E-state index in [9.17, 15) is 10.1 Å². The molecule has 5 nitrogen and oxygen atoms in total. The van der Waals surface area contributed by atoms with Crippen LogP contribution in [0.3, 0.4) is 0 Å². The predicted octanol–water partition coefficient (Wildman–Crippen LogP) is 3.06. The number of nitrogens with zero attached hydrogens (tertiary/aromatic N) is 3. The van der Waals surface area contributed by atoms with Crippen molar-refractivity contribution in [2.75, 3.05) is 0 Å². The van der Waals surface area contributed by atoms with Gasteiger partial charge in [-0.1, -0.05) is 12.8 Å². The van der Waals surface area contributed by atoms with Crippen LogP contribution in [0, 0.1) is 10.1 Å². The number of hydrogen-bond donors (Lipinski definition) is 0. The van der Waals surface area contributed by atoms with Crippen LogP contribution in [0.2, 0.25) is 0 Å². The molecule has 0 unspecified atom stereocenters.